The summed E-state index contributed by atoms with van der Waals surface area (Å²) in [7, 11) is 0.566. The lowest BCUT2D eigenvalue weighted by atomic mass is 10.2. The van der Waals surface area contributed by atoms with Crippen molar-refractivity contribution in [2.75, 3.05) is 20.6 Å². The average Bonchev–Trinajstić information content (AvgIpc) is 3.08. The second kappa shape index (κ2) is 4.80. The summed E-state index contributed by atoms with van der Waals surface area (Å²) in [5.74, 6) is 0. The van der Waals surface area contributed by atoms with Crippen LogP contribution < -0.4 is 4.72 Å². The molecule has 2 aromatic rings. The van der Waals surface area contributed by atoms with Gasteiger partial charge in [-0.1, -0.05) is 18.2 Å². The SMILES string of the molecule is CN(C)C1(CNS(=O)(=O)c2csc3ccccc23)CC1. The molecule has 1 aliphatic rings. The van der Waals surface area contributed by atoms with Gasteiger partial charge in [0.1, 0.15) is 4.90 Å². The molecule has 0 atom stereocenters. The molecule has 6 heteroatoms. The standard InChI is InChI=1S/C14H18N2O2S2/c1-16(2)14(7-8-14)10-15-20(17,18)13-9-19-12-6-4-3-5-11(12)13/h3-6,9,15H,7-8,10H2,1-2H3. The summed E-state index contributed by atoms with van der Waals surface area (Å²) >= 11 is 1.47. The van der Waals surface area contributed by atoms with Gasteiger partial charge >= 0.3 is 0 Å². The Morgan fingerprint density at radius 2 is 2.00 bits per heavy atom. The zero-order valence-electron chi connectivity index (χ0n) is 11.6. The first-order valence-electron chi connectivity index (χ1n) is 6.58. The first-order valence-corrected chi connectivity index (χ1v) is 8.94. The molecule has 1 aromatic heterocycles. The number of thiophene rings is 1. The maximum absolute atomic E-state index is 12.5. The van der Waals surface area contributed by atoms with E-state index in [0.29, 0.717) is 11.4 Å². The Hall–Kier alpha value is -0.950. The van der Waals surface area contributed by atoms with Crippen molar-refractivity contribution in [3.63, 3.8) is 0 Å². The highest BCUT2D eigenvalue weighted by atomic mass is 32.2. The number of hydrogen-bond acceptors (Lipinski definition) is 4. The molecule has 0 amide bonds. The fraction of sp³-hybridized carbons (Fsp3) is 0.429. The van der Waals surface area contributed by atoms with E-state index in [-0.39, 0.29) is 5.54 Å². The highest BCUT2D eigenvalue weighted by Crippen LogP contribution is 2.39. The van der Waals surface area contributed by atoms with Gasteiger partial charge in [-0.25, -0.2) is 13.1 Å². The van der Waals surface area contributed by atoms with Crippen molar-refractivity contribution in [2.45, 2.75) is 23.3 Å². The molecule has 0 unspecified atom stereocenters. The first-order chi connectivity index (χ1) is 9.45. The van der Waals surface area contributed by atoms with Gasteiger partial charge in [0.15, 0.2) is 0 Å². The minimum absolute atomic E-state index is 0.0128. The van der Waals surface area contributed by atoms with Crippen LogP contribution in [0.15, 0.2) is 34.5 Å². The number of nitrogens with one attached hydrogen (secondary N) is 1. The van der Waals surface area contributed by atoms with Crippen molar-refractivity contribution < 1.29 is 8.42 Å². The fourth-order valence-corrected chi connectivity index (χ4v) is 5.02. The van der Waals surface area contributed by atoms with E-state index >= 15 is 0 Å². The van der Waals surface area contributed by atoms with E-state index in [2.05, 4.69) is 9.62 Å². The van der Waals surface area contributed by atoms with Crippen molar-refractivity contribution in [3.8, 4) is 0 Å². The molecule has 1 aliphatic carbocycles. The Balaban J connectivity index is 1.85. The van der Waals surface area contributed by atoms with Crippen LogP contribution in [0.3, 0.4) is 0 Å². The number of fused-ring (bicyclic) bond motifs is 1. The summed E-state index contributed by atoms with van der Waals surface area (Å²) in [5.41, 5.74) is 0.0128. The predicted molar refractivity (Wildman–Crippen MR) is 82.7 cm³/mol. The van der Waals surface area contributed by atoms with Crippen molar-refractivity contribution in [3.05, 3.63) is 29.6 Å². The number of rotatable bonds is 5. The van der Waals surface area contributed by atoms with Gasteiger partial charge in [0.2, 0.25) is 10.0 Å². The quantitative estimate of drug-likeness (QED) is 0.922. The van der Waals surface area contributed by atoms with Gasteiger partial charge in [-0.05, 0) is 33.0 Å². The lowest BCUT2D eigenvalue weighted by Gasteiger charge is -2.23. The summed E-state index contributed by atoms with van der Waals surface area (Å²) in [6.45, 7) is 0.479. The smallest absolute Gasteiger partial charge is 0.242 e. The van der Waals surface area contributed by atoms with E-state index in [1.807, 2.05) is 38.4 Å². The van der Waals surface area contributed by atoms with Gasteiger partial charge in [-0.2, -0.15) is 0 Å². The molecule has 4 nitrogen and oxygen atoms in total. The van der Waals surface area contributed by atoms with Crippen LogP contribution in [0.4, 0.5) is 0 Å². The molecule has 1 fully saturated rings. The third kappa shape index (κ3) is 2.37. The van der Waals surface area contributed by atoms with E-state index in [0.717, 1.165) is 22.9 Å². The third-order valence-electron chi connectivity index (χ3n) is 4.10. The van der Waals surface area contributed by atoms with Crippen LogP contribution in [0, 0.1) is 0 Å². The lowest BCUT2D eigenvalue weighted by molar-refractivity contribution is 0.272. The molecule has 1 heterocycles. The molecular weight excluding hydrogens is 292 g/mol. The minimum Gasteiger partial charge on any atom is -0.302 e. The van der Waals surface area contributed by atoms with Crippen LogP contribution in [0.25, 0.3) is 10.1 Å². The van der Waals surface area contributed by atoms with Crippen LogP contribution in [0.5, 0.6) is 0 Å². The molecular formula is C14H18N2O2S2. The summed E-state index contributed by atoms with van der Waals surface area (Å²) in [4.78, 5) is 2.51. The van der Waals surface area contributed by atoms with Crippen molar-refractivity contribution >= 4 is 31.4 Å². The fourth-order valence-electron chi connectivity index (χ4n) is 2.40. The molecule has 3 rings (SSSR count). The topological polar surface area (TPSA) is 49.4 Å². The summed E-state index contributed by atoms with van der Waals surface area (Å²) in [6, 6.07) is 7.60. The van der Waals surface area contributed by atoms with Crippen LogP contribution in [-0.2, 0) is 10.0 Å². The molecule has 1 N–H and O–H groups in total. The van der Waals surface area contributed by atoms with Gasteiger partial charge in [-0.15, -0.1) is 11.3 Å². The normalized spacial score (nSPS) is 17.8. The Labute approximate surface area is 123 Å². The van der Waals surface area contributed by atoms with Crippen molar-refractivity contribution in [2.24, 2.45) is 0 Å². The number of sulfonamides is 1. The van der Waals surface area contributed by atoms with E-state index in [1.165, 1.54) is 11.3 Å². The Bertz CT molecular complexity index is 730. The number of nitrogens with zero attached hydrogens (tertiary/aromatic N) is 1. The van der Waals surface area contributed by atoms with Gasteiger partial charge in [0, 0.05) is 27.5 Å². The highest BCUT2D eigenvalue weighted by Gasteiger charge is 2.45. The van der Waals surface area contributed by atoms with Crippen LogP contribution in [0.2, 0.25) is 0 Å². The van der Waals surface area contributed by atoms with E-state index in [4.69, 9.17) is 0 Å². The monoisotopic (exact) mass is 310 g/mol. The van der Waals surface area contributed by atoms with E-state index < -0.39 is 10.0 Å². The highest BCUT2D eigenvalue weighted by molar-refractivity contribution is 7.90. The first kappa shape index (κ1) is 14.0. The summed E-state index contributed by atoms with van der Waals surface area (Å²) in [6.07, 6.45) is 2.10. The predicted octanol–water partition coefficient (Wildman–Crippen LogP) is 2.27. The van der Waals surface area contributed by atoms with E-state index in [9.17, 15) is 8.42 Å². The van der Waals surface area contributed by atoms with Gasteiger partial charge < -0.3 is 4.90 Å². The molecule has 1 aromatic carbocycles. The van der Waals surface area contributed by atoms with Crippen LogP contribution >= 0.6 is 11.3 Å². The average molecular weight is 310 g/mol. The maximum Gasteiger partial charge on any atom is 0.242 e. The summed E-state index contributed by atoms with van der Waals surface area (Å²) in [5, 5.41) is 2.53. The van der Waals surface area contributed by atoms with Crippen molar-refractivity contribution in [1.29, 1.82) is 0 Å². The van der Waals surface area contributed by atoms with Gasteiger partial charge in [0.05, 0.1) is 0 Å². The molecule has 0 saturated heterocycles. The van der Waals surface area contributed by atoms with Crippen molar-refractivity contribution in [1.82, 2.24) is 9.62 Å². The van der Waals surface area contributed by atoms with Crippen LogP contribution in [-0.4, -0.2) is 39.5 Å². The van der Waals surface area contributed by atoms with Crippen LogP contribution in [0.1, 0.15) is 12.8 Å². The minimum atomic E-state index is -3.44. The third-order valence-corrected chi connectivity index (χ3v) is 6.66. The molecule has 0 radical (unpaired) electrons. The zero-order valence-corrected chi connectivity index (χ0v) is 13.2. The summed E-state index contributed by atoms with van der Waals surface area (Å²) < 4.78 is 28.7. The van der Waals surface area contributed by atoms with E-state index in [1.54, 1.807) is 5.38 Å². The molecule has 20 heavy (non-hydrogen) atoms. The molecule has 108 valence electrons. The largest absolute Gasteiger partial charge is 0.302 e. The molecule has 1 saturated carbocycles. The Morgan fingerprint density at radius 3 is 2.65 bits per heavy atom. The number of benzene rings is 1. The molecule has 0 bridgehead atoms. The molecule has 0 aliphatic heterocycles. The molecule has 0 spiro atoms. The number of hydrogen-bond donors (Lipinski definition) is 1. The maximum atomic E-state index is 12.5. The second-order valence-electron chi connectivity index (χ2n) is 5.54. The second-order valence-corrected chi connectivity index (χ2v) is 8.19. The number of likely N-dealkylation sites (N-methyl/N-ethyl adjacent to an activating group) is 1. The van der Waals surface area contributed by atoms with Gasteiger partial charge in [0.25, 0.3) is 0 Å². The zero-order chi connectivity index (χ0) is 14.4. The lowest BCUT2D eigenvalue weighted by Crippen LogP contribution is -2.42. The van der Waals surface area contributed by atoms with Gasteiger partial charge in [-0.3, -0.25) is 0 Å². The Kier molecular flexibility index (Phi) is 3.36. The Morgan fingerprint density at radius 1 is 1.30 bits per heavy atom.